The molecule has 0 aliphatic carbocycles. The lowest BCUT2D eigenvalue weighted by molar-refractivity contribution is 0.345. The normalized spacial score (nSPS) is 13.1. The van der Waals surface area contributed by atoms with Gasteiger partial charge in [-0.05, 0) is 44.4 Å². The number of hydrogen-bond donors (Lipinski definition) is 1. The van der Waals surface area contributed by atoms with Gasteiger partial charge in [0.25, 0.3) is 0 Å². The number of halogens is 2. The lowest BCUT2D eigenvalue weighted by atomic mass is 10.1. The number of likely N-dealkylation sites (N-methyl/N-ethyl adjacent to an activating group) is 2. The molecule has 4 heteroatoms. The summed E-state index contributed by atoms with van der Waals surface area (Å²) in [5, 5.41) is 4.90. The Kier molecular flexibility index (Phi) is 5.56. The van der Waals surface area contributed by atoms with Gasteiger partial charge in [-0.3, -0.25) is 0 Å². The van der Waals surface area contributed by atoms with Gasteiger partial charge < -0.3 is 10.2 Å². The van der Waals surface area contributed by atoms with E-state index < -0.39 is 0 Å². The maximum atomic E-state index is 6.19. The molecule has 0 saturated heterocycles. The summed E-state index contributed by atoms with van der Waals surface area (Å²) in [5.74, 6) is 0. The zero-order valence-electron chi connectivity index (χ0n) is 9.93. The van der Waals surface area contributed by atoms with Crippen molar-refractivity contribution < 1.29 is 0 Å². The van der Waals surface area contributed by atoms with Crippen molar-refractivity contribution in [3.63, 3.8) is 0 Å². The molecular formula is C12H18Cl2N2. The second-order valence-corrected chi connectivity index (χ2v) is 4.88. The molecule has 0 fully saturated rings. The van der Waals surface area contributed by atoms with Gasteiger partial charge in [0.15, 0.2) is 0 Å². The van der Waals surface area contributed by atoms with Crippen LogP contribution >= 0.6 is 23.2 Å². The minimum atomic E-state index is 0.214. The van der Waals surface area contributed by atoms with Crippen LogP contribution in [-0.4, -0.2) is 32.1 Å². The van der Waals surface area contributed by atoms with Gasteiger partial charge in [0.2, 0.25) is 0 Å². The second kappa shape index (κ2) is 6.45. The lowest BCUT2D eigenvalue weighted by Crippen LogP contribution is -2.31. The largest absolute Gasteiger partial charge is 0.309 e. The molecule has 1 atom stereocenters. The molecule has 90 valence electrons. The number of nitrogens with zero attached hydrogens (tertiary/aromatic N) is 1. The van der Waals surface area contributed by atoms with E-state index in [2.05, 4.69) is 17.1 Å². The third-order valence-corrected chi connectivity index (χ3v) is 2.91. The van der Waals surface area contributed by atoms with Crippen LogP contribution in [-0.2, 0) is 0 Å². The molecule has 1 aromatic carbocycles. The van der Waals surface area contributed by atoms with E-state index in [0.717, 1.165) is 28.7 Å². The molecule has 0 amide bonds. The smallest absolute Gasteiger partial charge is 0.0464 e. The summed E-state index contributed by atoms with van der Waals surface area (Å²) in [7, 11) is 4.09. The van der Waals surface area contributed by atoms with Crippen LogP contribution in [0.5, 0.6) is 0 Å². The predicted octanol–water partition coefficient (Wildman–Crippen LogP) is 3.21. The Bertz CT molecular complexity index is 340. The first kappa shape index (κ1) is 13.8. The zero-order chi connectivity index (χ0) is 12.1. The van der Waals surface area contributed by atoms with Crippen LogP contribution in [0.15, 0.2) is 18.2 Å². The van der Waals surface area contributed by atoms with E-state index in [1.807, 2.05) is 32.3 Å². The first-order chi connectivity index (χ1) is 7.54. The maximum absolute atomic E-state index is 6.19. The highest BCUT2D eigenvalue weighted by Gasteiger charge is 2.14. The molecule has 1 rings (SSSR count). The summed E-state index contributed by atoms with van der Waals surface area (Å²) >= 11 is 12.2. The van der Waals surface area contributed by atoms with Gasteiger partial charge in [0.05, 0.1) is 0 Å². The Labute approximate surface area is 108 Å². The van der Waals surface area contributed by atoms with Crippen molar-refractivity contribution in [3.8, 4) is 0 Å². The van der Waals surface area contributed by atoms with Crippen LogP contribution in [0.1, 0.15) is 18.5 Å². The number of hydrogen-bond acceptors (Lipinski definition) is 2. The summed E-state index contributed by atoms with van der Waals surface area (Å²) in [6.07, 6.45) is 0. The quantitative estimate of drug-likeness (QED) is 0.875. The number of nitrogens with one attached hydrogen (secondary N) is 1. The monoisotopic (exact) mass is 260 g/mol. The summed E-state index contributed by atoms with van der Waals surface area (Å²) < 4.78 is 0. The highest BCUT2D eigenvalue weighted by molar-refractivity contribution is 6.33. The first-order valence-corrected chi connectivity index (χ1v) is 6.13. The molecule has 2 nitrogen and oxygen atoms in total. The Balaban J connectivity index is 2.94. The molecule has 0 aromatic heterocycles. The van der Waals surface area contributed by atoms with Crippen LogP contribution in [0.3, 0.4) is 0 Å². The van der Waals surface area contributed by atoms with Crippen LogP contribution in [0.25, 0.3) is 0 Å². The molecule has 1 N–H and O–H groups in total. The maximum Gasteiger partial charge on any atom is 0.0464 e. The molecule has 0 saturated carbocycles. The van der Waals surface area contributed by atoms with Gasteiger partial charge in [-0.2, -0.15) is 0 Å². The summed E-state index contributed by atoms with van der Waals surface area (Å²) in [6, 6.07) is 5.80. The van der Waals surface area contributed by atoms with Gasteiger partial charge >= 0.3 is 0 Å². The summed E-state index contributed by atoms with van der Waals surface area (Å²) in [5.41, 5.74) is 1.06. The van der Waals surface area contributed by atoms with Gasteiger partial charge in [-0.15, -0.1) is 0 Å². The number of benzene rings is 1. The van der Waals surface area contributed by atoms with E-state index in [-0.39, 0.29) is 6.04 Å². The van der Waals surface area contributed by atoms with Crippen molar-refractivity contribution in [2.24, 2.45) is 0 Å². The molecule has 0 heterocycles. The predicted molar refractivity (Wildman–Crippen MR) is 71.4 cm³/mol. The van der Waals surface area contributed by atoms with E-state index in [4.69, 9.17) is 23.2 Å². The van der Waals surface area contributed by atoms with E-state index in [9.17, 15) is 0 Å². The SMILES string of the molecule is CCNC(CN(C)C)c1cc(Cl)ccc1Cl. The average molecular weight is 261 g/mol. The molecule has 0 spiro atoms. The summed E-state index contributed by atoms with van der Waals surface area (Å²) in [4.78, 5) is 2.13. The molecular weight excluding hydrogens is 243 g/mol. The van der Waals surface area contributed by atoms with Gasteiger partial charge in [0.1, 0.15) is 0 Å². The number of rotatable bonds is 5. The van der Waals surface area contributed by atoms with Crippen molar-refractivity contribution in [1.82, 2.24) is 10.2 Å². The van der Waals surface area contributed by atoms with Crippen molar-refractivity contribution in [1.29, 1.82) is 0 Å². The third-order valence-electron chi connectivity index (χ3n) is 2.33. The zero-order valence-corrected chi connectivity index (χ0v) is 11.4. The van der Waals surface area contributed by atoms with Crippen LogP contribution in [0.2, 0.25) is 10.0 Å². The fourth-order valence-electron chi connectivity index (χ4n) is 1.67. The molecule has 1 unspecified atom stereocenters. The third kappa shape index (κ3) is 3.95. The van der Waals surface area contributed by atoms with Crippen LogP contribution < -0.4 is 5.32 Å². The standard InChI is InChI=1S/C12H18Cl2N2/c1-4-15-12(8-16(2)3)10-7-9(13)5-6-11(10)14/h5-7,12,15H,4,8H2,1-3H3. The minimum Gasteiger partial charge on any atom is -0.309 e. The molecule has 1 aromatic rings. The second-order valence-electron chi connectivity index (χ2n) is 4.04. The van der Waals surface area contributed by atoms with Crippen LogP contribution in [0, 0.1) is 0 Å². The molecule has 16 heavy (non-hydrogen) atoms. The van der Waals surface area contributed by atoms with Gasteiger partial charge in [-0.1, -0.05) is 30.1 Å². The highest BCUT2D eigenvalue weighted by Crippen LogP contribution is 2.26. The molecule has 0 aliphatic heterocycles. The minimum absolute atomic E-state index is 0.214. The molecule has 0 bridgehead atoms. The molecule has 0 aliphatic rings. The Morgan fingerprint density at radius 3 is 2.56 bits per heavy atom. The Morgan fingerprint density at radius 2 is 2.00 bits per heavy atom. The van der Waals surface area contributed by atoms with E-state index in [1.54, 1.807) is 0 Å². The van der Waals surface area contributed by atoms with Crippen molar-refractivity contribution in [2.45, 2.75) is 13.0 Å². The topological polar surface area (TPSA) is 15.3 Å². The van der Waals surface area contributed by atoms with Crippen molar-refractivity contribution in [3.05, 3.63) is 33.8 Å². The van der Waals surface area contributed by atoms with Gasteiger partial charge in [0, 0.05) is 22.6 Å². The first-order valence-electron chi connectivity index (χ1n) is 5.37. The van der Waals surface area contributed by atoms with Gasteiger partial charge in [-0.25, -0.2) is 0 Å². The van der Waals surface area contributed by atoms with E-state index >= 15 is 0 Å². The van der Waals surface area contributed by atoms with Crippen molar-refractivity contribution >= 4 is 23.2 Å². The Hall–Kier alpha value is -0.280. The highest BCUT2D eigenvalue weighted by atomic mass is 35.5. The summed E-state index contributed by atoms with van der Waals surface area (Å²) in [6.45, 7) is 3.89. The fourth-order valence-corrected chi connectivity index (χ4v) is 2.10. The fraction of sp³-hybridized carbons (Fsp3) is 0.500. The van der Waals surface area contributed by atoms with Crippen LogP contribution in [0.4, 0.5) is 0 Å². The average Bonchev–Trinajstić information content (AvgIpc) is 2.20. The van der Waals surface area contributed by atoms with Crippen molar-refractivity contribution in [2.75, 3.05) is 27.2 Å². The van der Waals surface area contributed by atoms with E-state index in [0.29, 0.717) is 0 Å². The lowest BCUT2D eigenvalue weighted by Gasteiger charge is -2.23. The Morgan fingerprint density at radius 1 is 1.31 bits per heavy atom. The van der Waals surface area contributed by atoms with E-state index in [1.165, 1.54) is 0 Å². The molecule has 0 radical (unpaired) electrons.